The molecule has 2 saturated heterocycles. The zero-order valence-corrected chi connectivity index (χ0v) is 27.2. The quantitative estimate of drug-likeness (QED) is 0.192. The zero-order valence-electron chi connectivity index (χ0n) is 27.2. The highest BCUT2D eigenvalue weighted by Gasteiger charge is 2.31. The lowest BCUT2D eigenvalue weighted by Crippen LogP contribution is -2.39. The molecule has 2 fully saturated rings. The number of fused-ring (bicyclic) bond motifs is 3. The van der Waals surface area contributed by atoms with Crippen molar-refractivity contribution in [2.24, 2.45) is 0 Å². The standard InChI is InChI=1S/C39H40FN5O3/c1-43-17-7-12-29(43)13-16-41-39(47)31-24-45-33-20-26-10-5-6-11-27(26)21-34(33)48-38-35(32(40)22-30(36(38)45)37(31)46)42-28-14-18-44(19-15-28)23-25-8-3-2-4-9-25/h2-6,8-11,20-22,24,28-29,42H,7,12-19,23H2,1H3,(H,41,47). The second kappa shape index (κ2) is 12.7. The van der Waals surface area contributed by atoms with Crippen molar-refractivity contribution in [3.63, 3.8) is 0 Å². The van der Waals surface area contributed by atoms with Gasteiger partial charge in [-0.2, -0.15) is 0 Å². The molecule has 1 unspecified atom stereocenters. The number of likely N-dealkylation sites (tertiary alicyclic amines) is 2. The number of anilines is 1. The van der Waals surface area contributed by atoms with Crippen molar-refractivity contribution in [3.8, 4) is 17.2 Å². The van der Waals surface area contributed by atoms with E-state index in [1.54, 1.807) is 6.20 Å². The van der Waals surface area contributed by atoms with Gasteiger partial charge >= 0.3 is 0 Å². The van der Waals surface area contributed by atoms with E-state index in [0.29, 0.717) is 29.5 Å². The largest absolute Gasteiger partial charge is 0.451 e. The topological polar surface area (TPSA) is 78.8 Å². The average molecular weight is 646 g/mol. The number of amides is 1. The van der Waals surface area contributed by atoms with E-state index < -0.39 is 17.2 Å². The third kappa shape index (κ3) is 5.71. The number of rotatable bonds is 8. The number of halogens is 1. The molecule has 0 aliphatic carbocycles. The molecule has 3 aliphatic heterocycles. The Morgan fingerprint density at radius 3 is 2.46 bits per heavy atom. The van der Waals surface area contributed by atoms with E-state index in [4.69, 9.17) is 4.74 Å². The Morgan fingerprint density at radius 2 is 1.71 bits per heavy atom. The fourth-order valence-corrected chi connectivity index (χ4v) is 7.67. The summed E-state index contributed by atoms with van der Waals surface area (Å²) in [6.45, 7) is 4.17. The first-order chi connectivity index (χ1) is 23.4. The molecule has 5 aromatic rings. The van der Waals surface area contributed by atoms with Crippen LogP contribution in [0, 0.1) is 5.82 Å². The molecule has 0 radical (unpaired) electrons. The van der Waals surface area contributed by atoms with Gasteiger partial charge in [0.15, 0.2) is 17.3 Å². The minimum atomic E-state index is -0.570. The van der Waals surface area contributed by atoms with Crippen LogP contribution in [-0.2, 0) is 6.54 Å². The van der Waals surface area contributed by atoms with Gasteiger partial charge in [-0.05, 0) is 80.2 Å². The number of aromatic nitrogens is 1. The molecule has 0 bridgehead atoms. The third-order valence-corrected chi connectivity index (χ3v) is 10.4. The number of piperidine rings is 1. The summed E-state index contributed by atoms with van der Waals surface area (Å²) in [5.41, 5.74) is 2.15. The number of carbonyl (C=O) groups excluding carboxylic acids is 1. The fraction of sp³-hybridized carbons (Fsp3) is 0.333. The van der Waals surface area contributed by atoms with E-state index in [1.165, 1.54) is 11.6 Å². The molecule has 3 aliphatic rings. The molecule has 1 atom stereocenters. The number of carbonyl (C=O) groups is 1. The van der Waals surface area contributed by atoms with Crippen LogP contribution in [0.4, 0.5) is 10.1 Å². The number of benzene rings is 4. The van der Waals surface area contributed by atoms with Crippen molar-refractivity contribution in [3.05, 3.63) is 106 Å². The highest BCUT2D eigenvalue weighted by molar-refractivity contribution is 6.02. The van der Waals surface area contributed by atoms with Crippen molar-refractivity contribution in [1.29, 1.82) is 0 Å². The maximum Gasteiger partial charge on any atom is 0.256 e. The number of pyridine rings is 1. The highest BCUT2D eigenvalue weighted by atomic mass is 19.1. The molecule has 1 amide bonds. The van der Waals surface area contributed by atoms with Crippen LogP contribution in [0.15, 0.2) is 83.8 Å². The molecular weight excluding hydrogens is 605 g/mol. The molecule has 4 aromatic carbocycles. The fourth-order valence-electron chi connectivity index (χ4n) is 7.67. The Kier molecular flexibility index (Phi) is 8.10. The van der Waals surface area contributed by atoms with Crippen LogP contribution < -0.4 is 20.8 Å². The summed E-state index contributed by atoms with van der Waals surface area (Å²) in [5.74, 6) is -0.216. The molecule has 246 valence electrons. The van der Waals surface area contributed by atoms with Crippen molar-refractivity contribution >= 4 is 33.3 Å². The number of nitrogens with zero attached hydrogens (tertiary/aromatic N) is 3. The lowest BCUT2D eigenvalue weighted by Gasteiger charge is -2.34. The van der Waals surface area contributed by atoms with E-state index >= 15 is 4.39 Å². The first kappa shape index (κ1) is 30.6. The number of ether oxygens (including phenoxy) is 1. The Morgan fingerprint density at radius 1 is 0.958 bits per heavy atom. The minimum Gasteiger partial charge on any atom is -0.451 e. The number of nitrogens with one attached hydrogen (secondary N) is 2. The first-order valence-electron chi connectivity index (χ1n) is 17.1. The zero-order chi connectivity index (χ0) is 32.8. The molecule has 0 saturated carbocycles. The maximum atomic E-state index is 16.2. The molecular formula is C39H40FN5O3. The SMILES string of the molecule is CN1CCCC1CCNC(=O)c1cn2c3c(c(NC4CCN(Cc5ccccc5)CC4)c(F)cc3c1=O)Oc1cc3ccccc3cc1-2. The summed E-state index contributed by atoms with van der Waals surface area (Å²) in [7, 11) is 2.10. The van der Waals surface area contributed by atoms with Crippen LogP contribution in [0.3, 0.4) is 0 Å². The predicted molar refractivity (Wildman–Crippen MR) is 188 cm³/mol. The molecule has 8 nitrogen and oxygen atoms in total. The summed E-state index contributed by atoms with van der Waals surface area (Å²) >= 11 is 0. The molecule has 48 heavy (non-hydrogen) atoms. The summed E-state index contributed by atoms with van der Waals surface area (Å²) in [6.07, 6.45) is 6.35. The van der Waals surface area contributed by atoms with Gasteiger partial charge in [-0.15, -0.1) is 0 Å². The van der Waals surface area contributed by atoms with E-state index in [2.05, 4.69) is 51.7 Å². The Bertz CT molecular complexity index is 2070. The third-order valence-electron chi connectivity index (χ3n) is 10.4. The van der Waals surface area contributed by atoms with Crippen LogP contribution in [0.1, 0.15) is 48.0 Å². The molecule has 2 N–H and O–H groups in total. The van der Waals surface area contributed by atoms with Gasteiger partial charge in [0, 0.05) is 44.5 Å². The summed E-state index contributed by atoms with van der Waals surface area (Å²) in [5, 5.41) is 8.52. The molecule has 0 spiro atoms. The van der Waals surface area contributed by atoms with Crippen molar-refractivity contribution in [1.82, 2.24) is 19.7 Å². The second-order valence-electron chi connectivity index (χ2n) is 13.5. The van der Waals surface area contributed by atoms with Crippen LogP contribution in [0.5, 0.6) is 11.5 Å². The summed E-state index contributed by atoms with van der Waals surface area (Å²) in [6, 6.07) is 24.0. The summed E-state index contributed by atoms with van der Waals surface area (Å²) < 4.78 is 24.5. The van der Waals surface area contributed by atoms with Gasteiger partial charge in [0.1, 0.15) is 16.8 Å². The number of hydrogen-bond acceptors (Lipinski definition) is 6. The Balaban J connectivity index is 1.14. The van der Waals surface area contributed by atoms with Crippen LogP contribution in [0.25, 0.3) is 27.4 Å². The van der Waals surface area contributed by atoms with Gasteiger partial charge in [-0.25, -0.2) is 4.39 Å². The summed E-state index contributed by atoms with van der Waals surface area (Å²) in [4.78, 5) is 32.2. The molecule has 9 heteroatoms. The average Bonchev–Trinajstić information content (AvgIpc) is 3.51. The van der Waals surface area contributed by atoms with Gasteiger partial charge in [0.25, 0.3) is 5.91 Å². The second-order valence-corrected chi connectivity index (χ2v) is 13.5. The van der Waals surface area contributed by atoms with Crippen LogP contribution in [-0.4, -0.2) is 65.6 Å². The van der Waals surface area contributed by atoms with E-state index in [-0.39, 0.29) is 28.4 Å². The smallest absolute Gasteiger partial charge is 0.256 e. The van der Waals surface area contributed by atoms with Crippen LogP contribution in [0.2, 0.25) is 0 Å². The normalized spacial score (nSPS) is 18.2. The minimum absolute atomic E-state index is 0.0138. The Labute approximate surface area is 279 Å². The van der Waals surface area contributed by atoms with E-state index in [9.17, 15) is 9.59 Å². The monoisotopic (exact) mass is 645 g/mol. The van der Waals surface area contributed by atoms with Crippen molar-refractivity contribution in [2.45, 2.75) is 50.7 Å². The molecule has 1 aromatic heterocycles. The Hall–Kier alpha value is -4.73. The van der Waals surface area contributed by atoms with Gasteiger partial charge in [-0.3, -0.25) is 14.5 Å². The molecule has 4 heterocycles. The van der Waals surface area contributed by atoms with Crippen molar-refractivity contribution < 1.29 is 13.9 Å². The predicted octanol–water partition coefficient (Wildman–Crippen LogP) is 6.68. The van der Waals surface area contributed by atoms with E-state index in [1.807, 2.05) is 47.0 Å². The van der Waals surface area contributed by atoms with Crippen molar-refractivity contribution in [2.75, 3.05) is 38.5 Å². The van der Waals surface area contributed by atoms with Gasteiger partial charge in [0.05, 0.1) is 11.1 Å². The van der Waals surface area contributed by atoms with Crippen LogP contribution >= 0.6 is 0 Å². The first-order valence-corrected chi connectivity index (χ1v) is 17.1. The van der Waals surface area contributed by atoms with Gasteiger partial charge in [-0.1, -0.05) is 54.6 Å². The van der Waals surface area contributed by atoms with Gasteiger partial charge in [0.2, 0.25) is 5.43 Å². The lowest BCUT2D eigenvalue weighted by molar-refractivity contribution is 0.0949. The van der Waals surface area contributed by atoms with E-state index in [0.717, 1.165) is 69.1 Å². The maximum absolute atomic E-state index is 16.2. The highest BCUT2D eigenvalue weighted by Crippen LogP contribution is 2.46. The lowest BCUT2D eigenvalue weighted by atomic mass is 10.0. The van der Waals surface area contributed by atoms with Gasteiger partial charge < -0.3 is 24.8 Å². The number of hydrogen-bond donors (Lipinski definition) is 2. The molecule has 8 rings (SSSR count).